The molecule has 9 nitrogen and oxygen atoms in total. The minimum Gasteiger partial charge on any atom is -0.310 e. The van der Waals surface area contributed by atoms with Crippen molar-refractivity contribution in [1.82, 2.24) is 19.5 Å². The van der Waals surface area contributed by atoms with Crippen molar-refractivity contribution in [3.8, 4) is 17.6 Å². The number of sulfone groups is 1. The second-order valence-electron chi connectivity index (χ2n) is 8.09. The van der Waals surface area contributed by atoms with Crippen LogP contribution in [0.1, 0.15) is 32.3 Å². The van der Waals surface area contributed by atoms with Gasteiger partial charge in [0.15, 0.2) is 31.0 Å². The van der Waals surface area contributed by atoms with E-state index in [4.69, 9.17) is 0 Å². The summed E-state index contributed by atoms with van der Waals surface area (Å²) in [6.07, 6.45) is 3.45. The maximum Gasteiger partial charge on any atom is 0.483 e. The second-order valence-corrected chi connectivity index (χ2v) is 12.6. The summed E-state index contributed by atoms with van der Waals surface area (Å²) in [6.45, 7) is 2.50. The molecule has 0 aromatic carbocycles. The molecule has 3 aromatic heterocycles. The number of pyridine rings is 2. The first kappa shape index (κ1) is 25.1. The molecule has 1 saturated carbocycles. The van der Waals surface area contributed by atoms with E-state index >= 15 is 0 Å². The molecule has 0 saturated heterocycles. The van der Waals surface area contributed by atoms with Crippen molar-refractivity contribution < 1.29 is 25.8 Å². The van der Waals surface area contributed by atoms with Crippen molar-refractivity contribution in [2.45, 2.75) is 47.4 Å². The number of fused-ring (bicyclic) bond motifs is 1. The molecule has 3 aromatic rings. The summed E-state index contributed by atoms with van der Waals surface area (Å²) < 4.78 is 84.1. The maximum atomic E-state index is 13.6. The van der Waals surface area contributed by atoms with Crippen molar-refractivity contribution in [2.75, 3.05) is 12.3 Å². The Bertz CT molecular complexity index is 1610. The van der Waals surface area contributed by atoms with Crippen molar-refractivity contribution in [2.24, 2.45) is 11.4 Å². The third-order valence-electron chi connectivity index (χ3n) is 5.92. The number of alkyl halides is 3. The van der Waals surface area contributed by atoms with E-state index in [0.29, 0.717) is 18.4 Å². The van der Waals surface area contributed by atoms with E-state index in [0.717, 1.165) is 12.3 Å². The predicted molar refractivity (Wildman–Crippen MR) is 121 cm³/mol. The van der Waals surface area contributed by atoms with Gasteiger partial charge in [-0.25, -0.2) is 27.0 Å². The minimum absolute atomic E-state index is 0.0128. The number of nitriles is 1. The lowest BCUT2D eigenvalue weighted by atomic mass is 9.99. The highest BCUT2D eigenvalue weighted by Crippen LogP contribution is 2.48. The lowest BCUT2D eigenvalue weighted by molar-refractivity contribution is -0.0403. The first-order valence-electron chi connectivity index (χ1n) is 10.6. The summed E-state index contributed by atoms with van der Waals surface area (Å²) in [6, 6.07) is 4.63. The second kappa shape index (κ2) is 8.27. The predicted octanol–water partition coefficient (Wildman–Crippen LogP) is 3.75. The SMILES string of the molecule is CCN=S(=O)(c1cnc2c(c1)nc(-c1ncc(C3(C#N)CC3)cc1S(=O)(=O)CC)n2C)C(F)(F)F. The van der Waals surface area contributed by atoms with E-state index in [9.17, 15) is 31.1 Å². The summed E-state index contributed by atoms with van der Waals surface area (Å²) in [5.74, 6) is -0.181. The van der Waals surface area contributed by atoms with Crippen LogP contribution in [0, 0.1) is 11.3 Å². The Morgan fingerprint density at radius 2 is 1.86 bits per heavy atom. The Labute approximate surface area is 200 Å². The number of hydrogen-bond donors (Lipinski definition) is 0. The molecule has 14 heteroatoms. The smallest absolute Gasteiger partial charge is 0.310 e. The number of nitrogens with zero attached hydrogens (tertiary/aromatic N) is 6. The van der Waals surface area contributed by atoms with Gasteiger partial charge in [-0.2, -0.15) is 18.4 Å². The van der Waals surface area contributed by atoms with E-state index in [1.165, 1.54) is 37.7 Å². The molecule has 1 aliphatic carbocycles. The van der Waals surface area contributed by atoms with Crippen LogP contribution in [0.3, 0.4) is 0 Å². The van der Waals surface area contributed by atoms with Gasteiger partial charge in [-0.3, -0.25) is 4.98 Å². The van der Waals surface area contributed by atoms with Gasteiger partial charge in [0.05, 0.1) is 27.0 Å². The van der Waals surface area contributed by atoms with E-state index < -0.39 is 35.4 Å². The van der Waals surface area contributed by atoms with E-state index in [-0.39, 0.29) is 39.9 Å². The minimum atomic E-state index is -5.12. The first-order chi connectivity index (χ1) is 16.3. The molecule has 1 atom stereocenters. The largest absolute Gasteiger partial charge is 0.483 e. The average molecular weight is 527 g/mol. The van der Waals surface area contributed by atoms with Gasteiger partial charge in [0, 0.05) is 26.0 Å². The third-order valence-corrected chi connectivity index (χ3v) is 9.78. The summed E-state index contributed by atoms with van der Waals surface area (Å²) in [4.78, 5) is 11.9. The van der Waals surface area contributed by atoms with Gasteiger partial charge in [0.2, 0.25) is 0 Å². The summed E-state index contributed by atoms with van der Waals surface area (Å²) in [7, 11) is -7.07. The highest BCUT2D eigenvalue weighted by molar-refractivity contribution is 7.94. The Balaban J connectivity index is 1.95. The average Bonchev–Trinajstić information content (AvgIpc) is 3.56. The lowest BCUT2D eigenvalue weighted by Crippen LogP contribution is -2.23. The fraction of sp³-hybridized carbons (Fsp3) is 0.429. The molecule has 0 spiro atoms. The number of rotatable bonds is 6. The molecule has 1 fully saturated rings. The molecule has 3 heterocycles. The summed E-state index contributed by atoms with van der Waals surface area (Å²) in [5.41, 5.74) is -5.29. The van der Waals surface area contributed by atoms with Crippen LogP contribution in [0.25, 0.3) is 22.7 Å². The maximum absolute atomic E-state index is 13.6. The molecule has 1 aliphatic rings. The first-order valence-corrected chi connectivity index (χ1v) is 13.8. The van der Waals surface area contributed by atoms with Crippen LogP contribution < -0.4 is 0 Å². The molecule has 186 valence electrons. The standard InChI is InChI=1S/C21H21F3N6O3S2/c1-4-28-35(33,21(22,23)24)14-9-15-18(27-11-14)30(3)19(29-15)17-16(34(31,32)5-2)8-13(10-26-17)20(12-25)6-7-20/h8-11H,4-7H2,1-3H3. The summed E-state index contributed by atoms with van der Waals surface area (Å²) in [5, 5.41) is 9.51. The molecule has 1 unspecified atom stereocenters. The van der Waals surface area contributed by atoms with Gasteiger partial charge in [0.25, 0.3) is 0 Å². The third kappa shape index (κ3) is 3.96. The quantitative estimate of drug-likeness (QED) is 0.478. The van der Waals surface area contributed by atoms with Gasteiger partial charge in [-0.1, -0.05) is 6.92 Å². The van der Waals surface area contributed by atoms with E-state index in [1.54, 1.807) is 0 Å². The van der Waals surface area contributed by atoms with Crippen molar-refractivity contribution in [3.05, 3.63) is 30.1 Å². The van der Waals surface area contributed by atoms with E-state index in [1.807, 2.05) is 0 Å². The van der Waals surface area contributed by atoms with E-state index in [2.05, 4.69) is 25.4 Å². The normalized spacial score (nSPS) is 17.1. The molecular formula is C21H21F3N6O3S2. The molecular weight excluding hydrogens is 505 g/mol. The van der Waals surface area contributed by atoms with Crippen molar-refractivity contribution >= 4 is 30.7 Å². The van der Waals surface area contributed by atoms with Crippen LogP contribution >= 0.6 is 0 Å². The zero-order valence-electron chi connectivity index (χ0n) is 19.0. The zero-order chi connectivity index (χ0) is 25.8. The van der Waals surface area contributed by atoms with Crippen molar-refractivity contribution in [3.63, 3.8) is 0 Å². The van der Waals surface area contributed by atoms with Crippen LogP contribution in [-0.4, -0.2) is 50.0 Å². The van der Waals surface area contributed by atoms with Gasteiger partial charge in [0.1, 0.15) is 11.2 Å². The molecule has 0 bridgehead atoms. The fourth-order valence-corrected chi connectivity index (χ4v) is 6.19. The molecule has 0 amide bonds. The number of halogens is 3. The van der Waals surface area contributed by atoms with Crippen LogP contribution in [0.4, 0.5) is 13.2 Å². The number of hydrogen-bond acceptors (Lipinski definition) is 8. The fourth-order valence-electron chi connectivity index (χ4n) is 3.74. The lowest BCUT2D eigenvalue weighted by Gasteiger charge is -2.13. The molecule has 35 heavy (non-hydrogen) atoms. The number of imidazole rings is 1. The van der Waals surface area contributed by atoms with Crippen molar-refractivity contribution in [1.29, 1.82) is 5.26 Å². The van der Waals surface area contributed by atoms with Gasteiger partial charge < -0.3 is 4.57 Å². The molecule has 0 N–H and O–H groups in total. The van der Waals surface area contributed by atoms with Gasteiger partial charge in [-0.05, 0) is 37.5 Å². The Morgan fingerprint density at radius 1 is 1.17 bits per heavy atom. The van der Waals surface area contributed by atoms with Crippen LogP contribution in [0.2, 0.25) is 0 Å². The van der Waals surface area contributed by atoms with Crippen LogP contribution in [-0.2, 0) is 32.0 Å². The molecule has 4 rings (SSSR count). The topological polar surface area (TPSA) is 131 Å². The number of aryl methyl sites for hydroxylation is 1. The van der Waals surface area contributed by atoms with Gasteiger partial charge in [-0.15, -0.1) is 0 Å². The van der Waals surface area contributed by atoms with Gasteiger partial charge >= 0.3 is 5.51 Å². The Hall–Kier alpha value is -3.05. The number of aromatic nitrogens is 4. The van der Waals surface area contributed by atoms with Crippen LogP contribution in [0.5, 0.6) is 0 Å². The van der Waals surface area contributed by atoms with Crippen LogP contribution in [0.15, 0.2) is 38.7 Å². The zero-order valence-corrected chi connectivity index (χ0v) is 20.6. The summed E-state index contributed by atoms with van der Waals surface area (Å²) >= 11 is 0. The highest BCUT2D eigenvalue weighted by Gasteiger charge is 2.46. The monoisotopic (exact) mass is 526 g/mol. The highest BCUT2D eigenvalue weighted by atomic mass is 32.2. The Kier molecular flexibility index (Phi) is 5.92. The molecule has 0 radical (unpaired) electrons. The Morgan fingerprint density at radius 3 is 2.40 bits per heavy atom. The molecule has 0 aliphatic heterocycles.